The Morgan fingerprint density at radius 1 is 1.36 bits per heavy atom. The average Bonchev–Trinajstić information content (AvgIpc) is 1.90. The van der Waals surface area contributed by atoms with Crippen LogP contribution >= 0.6 is 0 Å². The van der Waals surface area contributed by atoms with Crippen molar-refractivity contribution in [3.8, 4) is 0 Å². The lowest BCUT2D eigenvalue weighted by atomic mass is 10.0. The second-order valence-electron chi connectivity index (χ2n) is 2.92. The Morgan fingerprint density at radius 3 is 1.82 bits per heavy atom. The highest BCUT2D eigenvalue weighted by molar-refractivity contribution is 5.77. The van der Waals surface area contributed by atoms with Crippen LogP contribution in [0.1, 0.15) is 48.0 Å². The first-order chi connectivity index (χ1) is 4.98. The third kappa shape index (κ3) is 9.47. The molecule has 0 amide bonds. The monoisotopic (exact) mass is 158 g/mol. The minimum absolute atomic E-state index is 0.0266. The van der Waals surface area contributed by atoms with Gasteiger partial charge in [0.25, 0.3) is 0 Å². The van der Waals surface area contributed by atoms with Crippen LogP contribution in [0.4, 0.5) is 0 Å². The number of nitrogens with zero attached hydrogens (tertiary/aromatic N) is 1. The highest BCUT2D eigenvalue weighted by atomic mass is 14.9. The van der Waals surface area contributed by atoms with Crippen LogP contribution in [-0.4, -0.2) is 11.4 Å². The van der Waals surface area contributed by atoms with Crippen molar-refractivity contribution < 1.29 is 0 Å². The SMILES string of the molecule is CC.CCC(C)(C)N=C(C)N. The minimum Gasteiger partial charge on any atom is -0.388 e. The Labute approximate surface area is 70.9 Å². The smallest absolute Gasteiger partial charge is 0.0912 e. The molecule has 0 aromatic carbocycles. The Bertz CT molecular complexity index is 111. The number of hydrogen-bond donors (Lipinski definition) is 1. The zero-order valence-electron chi connectivity index (χ0n) is 8.73. The zero-order valence-corrected chi connectivity index (χ0v) is 8.73. The van der Waals surface area contributed by atoms with Gasteiger partial charge >= 0.3 is 0 Å². The number of hydrogen-bond acceptors (Lipinski definition) is 1. The van der Waals surface area contributed by atoms with Crippen LogP contribution in [0.25, 0.3) is 0 Å². The van der Waals surface area contributed by atoms with Crippen molar-refractivity contribution in [3.05, 3.63) is 0 Å². The lowest BCUT2D eigenvalue weighted by Crippen LogP contribution is -2.20. The maximum Gasteiger partial charge on any atom is 0.0912 e. The van der Waals surface area contributed by atoms with Crippen LogP contribution in [0.15, 0.2) is 4.99 Å². The van der Waals surface area contributed by atoms with E-state index in [1.54, 1.807) is 0 Å². The van der Waals surface area contributed by atoms with E-state index in [1.807, 2.05) is 20.8 Å². The van der Waals surface area contributed by atoms with Crippen molar-refractivity contribution >= 4 is 5.84 Å². The van der Waals surface area contributed by atoms with Crippen LogP contribution in [0.5, 0.6) is 0 Å². The molecule has 0 bridgehead atoms. The molecule has 11 heavy (non-hydrogen) atoms. The third-order valence-corrected chi connectivity index (χ3v) is 1.34. The summed E-state index contributed by atoms with van der Waals surface area (Å²) in [6.45, 7) is 12.1. The summed E-state index contributed by atoms with van der Waals surface area (Å²) in [4.78, 5) is 4.22. The first-order valence-electron chi connectivity index (χ1n) is 4.30. The summed E-state index contributed by atoms with van der Waals surface area (Å²) in [5.41, 5.74) is 5.43. The van der Waals surface area contributed by atoms with E-state index >= 15 is 0 Å². The lowest BCUT2D eigenvalue weighted by Gasteiger charge is -2.16. The summed E-state index contributed by atoms with van der Waals surface area (Å²) in [6.07, 6.45) is 1.03. The predicted molar refractivity (Wildman–Crippen MR) is 53.0 cm³/mol. The van der Waals surface area contributed by atoms with Gasteiger partial charge in [0.05, 0.1) is 11.4 Å². The molecule has 68 valence electrons. The van der Waals surface area contributed by atoms with Crippen molar-refractivity contribution in [2.45, 2.75) is 53.5 Å². The summed E-state index contributed by atoms with van der Waals surface area (Å²) >= 11 is 0. The molecule has 0 fully saturated rings. The Hall–Kier alpha value is -0.530. The first-order valence-corrected chi connectivity index (χ1v) is 4.30. The van der Waals surface area contributed by atoms with Gasteiger partial charge < -0.3 is 5.73 Å². The maximum atomic E-state index is 5.40. The largest absolute Gasteiger partial charge is 0.388 e. The van der Waals surface area contributed by atoms with Crippen LogP contribution in [0, 0.1) is 0 Å². The Morgan fingerprint density at radius 2 is 1.73 bits per heavy atom. The van der Waals surface area contributed by atoms with E-state index in [-0.39, 0.29) is 5.54 Å². The molecule has 0 saturated heterocycles. The molecule has 0 rings (SSSR count). The number of amidine groups is 1. The van der Waals surface area contributed by atoms with E-state index in [2.05, 4.69) is 25.8 Å². The Kier molecular flexibility index (Phi) is 7.37. The molecule has 0 aliphatic heterocycles. The molecule has 0 aromatic heterocycles. The quantitative estimate of drug-likeness (QED) is 0.487. The van der Waals surface area contributed by atoms with Gasteiger partial charge in [0.15, 0.2) is 0 Å². The second kappa shape index (κ2) is 6.20. The maximum absolute atomic E-state index is 5.40. The zero-order chi connectivity index (χ0) is 9.49. The molecule has 0 radical (unpaired) electrons. The topological polar surface area (TPSA) is 38.4 Å². The number of nitrogens with two attached hydrogens (primary N) is 1. The highest BCUT2D eigenvalue weighted by Crippen LogP contribution is 2.12. The Balaban J connectivity index is 0. The molecule has 0 aliphatic carbocycles. The van der Waals surface area contributed by atoms with Crippen molar-refractivity contribution in [1.29, 1.82) is 0 Å². The van der Waals surface area contributed by atoms with Gasteiger partial charge in [0, 0.05) is 0 Å². The van der Waals surface area contributed by atoms with Gasteiger partial charge in [-0.25, -0.2) is 0 Å². The van der Waals surface area contributed by atoms with Gasteiger partial charge in [-0.15, -0.1) is 0 Å². The van der Waals surface area contributed by atoms with Crippen LogP contribution in [0.2, 0.25) is 0 Å². The molecular weight excluding hydrogens is 136 g/mol. The average molecular weight is 158 g/mol. The standard InChI is InChI=1S/C7H16N2.C2H6/c1-5-7(3,4)9-6(2)8;1-2/h5H2,1-4H3,(H2,8,9);1-2H3. The van der Waals surface area contributed by atoms with Crippen molar-refractivity contribution in [1.82, 2.24) is 0 Å². The van der Waals surface area contributed by atoms with Gasteiger partial charge in [0.2, 0.25) is 0 Å². The summed E-state index contributed by atoms with van der Waals surface area (Å²) in [5.74, 6) is 0.668. The minimum atomic E-state index is 0.0266. The first kappa shape index (κ1) is 13.1. The normalized spacial score (nSPS) is 12.0. The van der Waals surface area contributed by atoms with E-state index in [0.29, 0.717) is 5.84 Å². The molecule has 0 heterocycles. The molecule has 0 aromatic rings. The van der Waals surface area contributed by atoms with Crippen LogP contribution in [-0.2, 0) is 0 Å². The summed E-state index contributed by atoms with van der Waals surface area (Å²) < 4.78 is 0. The summed E-state index contributed by atoms with van der Waals surface area (Å²) in [7, 11) is 0. The lowest BCUT2D eigenvalue weighted by molar-refractivity contribution is 0.504. The molecule has 2 N–H and O–H groups in total. The molecule has 0 spiro atoms. The van der Waals surface area contributed by atoms with Crippen molar-refractivity contribution in [3.63, 3.8) is 0 Å². The summed E-state index contributed by atoms with van der Waals surface area (Å²) in [5, 5.41) is 0. The molecular formula is C9H22N2. The number of rotatable bonds is 2. The predicted octanol–water partition coefficient (Wildman–Crippen LogP) is 2.58. The highest BCUT2D eigenvalue weighted by Gasteiger charge is 2.11. The van der Waals surface area contributed by atoms with Gasteiger partial charge in [-0.05, 0) is 27.2 Å². The van der Waals surface area contributed by atoms with E-state index in [1.165, 1.54) is 0 Å². The number of aliphatic imine (C=N–C) groups is 1. The molecule has 2 nitrogen and oxygen atoms in total. The fourth-order valence-electron chi connectivity index (χ4n) is 0.556. The van der Waals surface area contributed by atoms with Crippen molar-refractivity contribution in [2.24, 2.45) is 10.7 Å². The van der Waals surface area contributed by atoms with E-state index in [0.717, 1.165) is 6.42 Å². The van der Waals surface area contributed by atoms with Gasteiger partial charge in [-0.2, -0.15) is 0 Å². The van der Waals surface area contributed by atoms with Crippen LogP contribution in [0.3, 0.4) is 0 Å². The van der Waals surface area contributed by atoms with Gasteiger partial charge in [0.1, 0.15) is 0 Å². The van der Waals surface area contributed by atoms with E-state index in [9.17, 15) is 0 Å². The second-order valence-corrected chi connectivity index (χ2v) is 2.92. The summed E-state index contributed by atoms with van der Waals surface area (Å²) in [6, 6.07) is 0. The molecule has 2 heteroatoms. The molecule has 0 unspecified atom stereocenters. The van der Waals surface area contributed by atoms with Gasteiger partial charge in [-0.3, -0.25) is 4.99 Å². The fraction of sp³-hybridized carbons (Fsp3) is 0.889. The van der Waals surface area contributed by atoms with E-state index in [4.69, 9.17) is 5.73 Å². The van der Waals surface area contributed by atoms with Crippen LogP contribution < -0.4 is 5.73 Å². The molecule has 0 atom stereocenters. The van der Waals surface area contributed by atoms with Crippen molar-refractivity contribution in [2.75, 3.05) is 0 Å². The fourth-order valence-corrected chi connectivity index (χ4v) is 0.556. The molecule has 0 saturated carbocycles. The van der Waals surface area contributed by atoms with Gasteiger partial charge in [-0.1, -0.05) is 20.8 Å². The molecule has 0 aliphatic rings. The third-order valence-electron chi connectivity index (χ3n) is 1.34. The van der Waals surface area contributed by atoms with E-state index < -0.39 is 0 Å².